The van der Waals surface area contributed by atoms with Crippen LogP contribution >= 0.6 is 22.9 Å². The summed E-state index contributed by atoms with van der Waals surface area (Å²) < 4.78 is 5.51. The highest BCUT2D eigenvalue weighted by Crippen LogP contribution is 2.14. The molecule has 0 aromatic carbocycles. The minimum absolute atomic E-state index is 0.213. The number of ether oxygens (including phenoxy) is 1. The minimum Gasteiger partial charge on any atom is -0.374 e. The van der Waals surface area contributed by atoms with E-state index in [0.717, 1.165) is 26.2 Å². The second kappa shape index (κ2) is 5.12. The average molecular weight is 232 g/mol. The van der Waals surface area contributed by atoms with Gasteiger partial charge in [0.15, 0.2) is 0 Å². The van der Waals surface area contributed by atoms with Crippen LogP contribution in [0.5, 0.6) is 0 Å². The first-order valence-corrected chi connectivity index (χ1v) is 6.22. The lowest BCUT2D eigenvalue weighted by molar-refractivity contribution is -0.0190. The molecule has 0 aliphatic carbocycles. The van der Waals surface area contributed by atoms with Gasteiger partial charge < -0.3 is 4.74 Å². The monoisotopic (exact) mass is 231 g/mol. The van der Waals surface area contributed by atoms with Gasteiger partial charge in [0, 0.05) is 30.4 Å². The lowest BCUT2D eigenvalue weighted by atomic mass is 10.3. The number of halogens is 1. The van der Waals surface area contributed by atoms with Crippen molar-refractivity contribution in [3.05, 3.63) is 22.4 Å². The van der Waals surface area contributed by atoms with Crippen LogP contribution in [0, 0.1) is 0 Å². The number of hydrogen-bond donors (Lipinski definition) is 0. The lowest BCUT2D eigenvalue weighted by Gasteiger charge is -2.31. The molecule has 1 fully saturated rings. The highest BCUT2D eigenvalue weighted by atomic mass is 35.5. The summed E-state index contributed by atoms with van der Waals surface area (Å²) in [5.74, 6) is 0.598. The summed E-state index contributed by atoms with van der Waals surface area (Å²) in [6.45, 7) is 3.82. The number of nitrogens with zero attached hydrogens (tertiary/aromatic N) is 1. The molecular formula is C10H14ClNOS. The second-order valence-corrected chi connectivity index (χ2v) is 4.80. The Balaban J connectivity index is 1.86. The van der Waals surface area contributed by atoms with Crippen LogP contribution in [0.3, 0.4) is 0 Å². The fourth-order valence-corrected chi connectivity index (χ4v) is 2.57. The Morgan fingerprint density at radius 2 is 2.57 bits per heavy atom. The van der Waals surface area contributed by atoms with Gasteiger partial charge in [-0.3, -0.25) is 4.90 Å². The smallest absolute Gasteiger partial charge is 0.0837 e. The summed E-state index contributed by atoms with van der Waals surface area (Å²) in [5, 5.41) is 2.12. The largest absolute Gasteiger partial charge is 0.374 e. The van der Waals surface area contributed by atoms with Crippen molar-refractivity contribution < 1.29 is 4.74 Å². The third-order valence-electron chi connectivity index (χ3n) is 2.35. The van der Waals surface area contributed by atoms with E-state index >= 15 is 0 Å². The second-order valence-electron chi connectivity index (χ2n) is 3.46. The van der Waals surface area contributed by atoms with Crippen molar-refractivity contribution in [2.24, 2.45) is 0 Å². The molecule has 0 radical (unpaired) electrons. The number of rotatable bonds is 3. The molecule has 0 saturated carbocycles. The van der Waals surface area contributed by atoms with Crippen LogP contribution in [0.25, 0.3) is 0 Å². The van der Waals surface area contributed by atoms with Crippen molar-refractivity contribution in [1.29, 1.82) is 0 Å². The van der Waals surface area contributed by atoms with Gasteiger partial charge in [-0.25, -0.2) is 0 Å². The van der Waals surface area contributed by atoms with Crippen LogP contribution < -0.4 is 0 Å². The molecule has 4 heteroatoms. The molecular weight excluding hydrogens is 218 g/mol. The van der Waals surface area contributed by atoms with Crippen molar-refractivity contribution in [1.82, 2.24) is 4.90 Å². The summed E-state index contributed by atoms with van der Waals surface area (Å²) in [4.78, 5) is 3.82. The van der Waals surface area contributed by atoms with E-state index in [1.54, 1.807) is 0 Å². The zero-order valence-corrected chi connectivity index (χ0v) is 9.56. The van der Waals surface area contributed by atoms with Gasteiger partial charge in [-0.05, 0) is 11.4 Å². The molecule has 0 spiro atoms. The Hall–Kier alpha value is -0.0900. The van der Waals surface area contributed by atoms with Crippen molar-refractivity contribution in [2.75, 3.05) is 25.6 Å². The summed E-state index contributed by atoms with van der Waals surface area (Å²) >= 11 is 7.59. The molecule has 2 heterocycles. The molecule has 1 aliphatic heterocycles. The van der Waals surface area contributed by atoms with E-state index in [-0.39, 0.29) is 6.10 Å². The van der Waals surface area contributed by atoms with Gasteiger partial charge in [-0.1, -0.05) is 6.07 Å². The van der Waals surface area contributed by atoms with Crippen LogP contribution in [0.2, 0.25) is 0 Å². The topological polar surface area (TPSA) is 12.5 Å². The first kappa shape index (κ1) is 10.4. The number of morpholine rings is 1. The molecule has 1 aromatic heterocycles. The molecule has 1 unspecified atom stereocenters. The lowest BCUT2D eigenvalue weighted by Crippen LogP contribution is -2.42. The van der Waals surface area contributed by atoms with Crippen LogP contribution in [0.4, 0.5) is 0 Å². The van der Waals surface area contributed by atoms with Crippen molar-refractivity contribution in [3.63, 3.8) is 0 Å². The Morgan fingerprint density at radius 3 is 3.29 bits per heavy atom. The normalized spacial score (nSPS) is 23.9. The maximum atomic E-state index is 5.78. The molecule has 0 bridgehead atoms. The maximum absolute atomic E-state index is 5.78. The molecule has 2 rings (SSSR count). The van der Waals surface area contributed by atoms with Crippen molar-refractivity contribution in [2.45, 2.75) is 12.6 Å². The van der Waals surface area contributed by atoms with Crippen molar-refractivity contribution in [3.8, 4) is 0 Å². The molecule has 1 atom stereocenters. The SMILES string of the molecule is ClCC1CN(Cc2cccs2)CCO1. The standard InChI is InChI=1S/C10H14ClNOS/c11-6-9-7-12(3-4-13-9)8-10-2-1-5-14-10/h1-2,5,9H,3-4,6-8H2. The van der Waals surface area contributed by atoms with Gasteiger partial charge in [-0.2, -0.15) is 0 Å². The zero-order chi connectivity index (χ0) is 9.80. The first-order valence-electron chi connectivity index (χ1n) is 4.81. The zero-order valence-electron chi connectivity index (χ0n) is 7.99. The summed E-state index contributed by atoms with van der Waals surface area (Å²) in [5.41, 5.74) is 0. The van der Waals surface area contributed by atoms with E-state index in [1.165, 1.54) is 4.88 Å². The fraction of sp³-hybridized carbons (Fsp3) is 0.600. The number of alkyl halides is 1. The molecule has 1 saturated heterocycles. The maximum Gasteiger partial charge on any atom is 0.0837 e. The van der Waals surface area contributed by atoms with Gasteiger partial charge in [0.2, 0.25) is 0 Å². The predicted molar refractivity (Wildman–Crippen MR) is 60.1 cm³/mol. The Kier molecular flexibility index (Phi) is 3.81. The first-order chi connectivity index (χ1) is 6.88. The summed E-state index contributed by atoms with van der Waals surface area (Å²) in [6, 6.07) is 4.27. The summed E-state index contributed by atoms with van der Waals surface area (Å²) in [7, 11) is 0. The van der Waals surface area contributed by atoms with Gasteiger partial charge in [-0.15, -0.1) is 22.9 Å². The molecule has 14 heavy (non-hydrogen) atoms. The average Bonchev–Trinajstić information content (AvgIpc) is 2.71. The van der Waals surface area contributed by atoms with E-state index in [4.69, 9.17) is 16.3 Å². The van der Waals surface area contributed by atoms with E-state index in [1.807, 2.05) is 11.3 Å². The van der Waals surface area contributed by atoms with E-state index in [9.17, 15) is 0 Å². The quantitative estimate of drug-likeness (QED) is 0.740. The molecule has 0 N–H and O–H groups in total. The number of hydrogen-bond acceptors (Lipinski definition) is 3. The third-order valence-corrected chi connectivity index (χ3v) is 3.56. The predicted octanol–water partition coefficient (Wildman–Crippen LogP) is 2.19. The van der Waals surface area contributed by atoms with E-state index in [0.29, 0.717) is 5.88 Å². The number of thiophene rings is 1. The van der Waals surface area contributed by atoms with E-state index in [2.05, 4.69) is 22.4 Å². The molecule has 1 aromatic rings. The molecule has 78 valence electrons. The molecule has 0 amide bonds. The van der Waals surface area contributed by atoms with Gasteiger partial charge in [0.1, 0.15) is 0 Å². The Labute approximate surface area is 93.4 Å². The van der Waals surface area contributed by atoms with Gasteiger partial charge >= 0.3 is 0 Å². The minimum atomic E-state index is 0.213. The van der Waals surface area contributed by atoms with Crippen LogP contribution in [0.15, 0.2) is 17.5 Å². The Morgan fingerprint density at radius 1 is 1.64 bits per heavy atom. The van der Waals surface area contributed by atoms with Crippen LogP contribution in [0.1, 0.15) is 4.88 Å². The van der Waals surface area contributed by atoms with Gasteiger partial charge in [0.25, 0.3) is 0 Å². The molecule has 2 nitrogen and oxygen atoms in total. The molecule has 1 aliphatic rings. The highest BCUT2D eigenvalue weighted by Gasteiger charge is 2.19. The fourth-order valence-electron chi connectivity index (χ4n) is 1.64. The Bertz CT molecular complexity index is 265. The third kappa shape index (κ3) is 2.70. The van der Waals surface area contributed by atoms with Gasteiger partial charge in [0.05, 0.1) is 12.7 Å². The van der Waals surface area contributed by atoms with Crippen LogP contribution in [-0.2, 0) is 11.3 Å². The summed E-state index contributed by atoms with van der Waals surface area (Å²) in [6.07, 6.45) is 0.213. The van der Waals surface area contributed by atoms with Crippen molar-refractivity contribution >= 4 is 22.9 Å². The van der Waals surface area contributed by atoms with E-state index < -0.39 is 0 Å². The highest BCUT2D eigenvalue weighted by molar-refractivity contribution is 7.09. The van der Waals surface area contributed by atoms with Crippen LogP contribution in [-0.4, -0.2) is 36.6 Å².